The molecule has 7 heteroatoms. The summed E-state index contributed by atoms with van der Waals surface area (Å²) < 4.78 is 10.9. The van der Waals surface area contributed by atoms with Crippen LogP contribution in [0.3, 0.4) is 0 Å². The number of aromatic nitrogens is 6. The zero-order valence-corrected chi connectivity index (χ0v) is 41.5. The van der Waals surface area contributed by atoms with Crippen LogP contribution in [0.1, 0.15) is 0 Å². The molecular weight excluding hydrogens is 941 g/mol. The molecule has 77 heavy (non-hydrogen) atoms. The predicted octanol–water partition coefficient (Wildman–Crippen LogP) is 17.9. The largest absolute Gasteiger partial charge is 0.436 e. The molecule has 0 saturated heterocycles. The van der Waals surface area contributed by atoms with Crippen LogP contribution in [0.4, 0.5) is 0 Å². The van der Waals surface area contributed by atoms with Crippen molar-refractivity contribution in [1.29, 1.82) is 0 Å². The predicted molar refractivity (Wildman–Crippen MR) is 314 cm³/mol. The first-order valence-corrected chi connectivity index (χ1v) is 25.9. The van der Waals surface area contributed by atoms with Crippen LogP contribution in [0.25, 0.3) is 145 Å². The highest BCUT2D eigenvalue weighted by atomic mass is 16.3. The van der Waals surface area contributed by atoms with Gasteiger partial charge in [0.05, 0.1) is 22.1 Å². The minimum atomic E-state index is 0.586. The SMILES string of the molecule is c1ccc(-c2nc3ccc(-c4cccc(-c5cccc(-c6cccc(-c7nc(-c8ccc9c%10ccccc%10n(-c%10ccccc%10)c9c8)nc(-c8cccc9c8c8ccccc8n9-c8ccccc8)n7)c6)c5)c4)cc3o2)cc1. The third kappa shape index (κ3) is 7.68. The molecule has 0 unspecified atom stereocenters. The Kier molecular flexibility index (Phi) is 10.4. The number of hydrogen-bond acceptors (Lipinski definition) is 5. The van der Waals surface area contributed by atoms with Gasteiger partial charge in [-0.1, -0.05) is 176 Å². The molecule has 7 nitrogen and oxygen atoms in total. The molecule has 0 aliphatic heterocycles. The van der Waals surface area contributed by atoms with Gasteiger partial charge in [0, 0.05) is 55.2 Å². The van der Waals surface area contributed by atoms with Crippen molar-refractivity contribution in [1.82, 2.24) is 29.1 Å². The maximum Gasteiger partial charge on any atom is 0.227 e. The molecule has 0 fully saturated rings. The first-order chi connectivity index (χ1) is 38.1. The third-order valence-corrected chi connectivity index (χ3v) is 14.8. The Morgan fingerprint density at radius 2 is 0.714 bits per heavy atom. The van der Waals surface area contributed by atoms with Crippen LogP contribution in [0, 0.1) is 0 Å². The average Bonchev–Trinajstić information content (AvgIpc) is 4.23. The molecule has 0 aliphatic carbocycles. The van der Waals surface area contributed by atoms with Gasteiger partial charge in [0.2, 0.25) is 5.89 Å². The van der Waals surface area contributed by atoms with E-state index in [1.54, 1.807) is 0 Å². The van der Waals surface area contributed by atoms with Crippen molar-refractivity contribution in [3.63, 3.8) is 0 Å². The lowest BCUT2D eigenvalue weighted by Gasteiger charge is -2.12. The minimum absolute atomic E-state index is 0.586. The normalized spacial score (nSPS) is 11.6. The smallest absolute Gasteiger partial charge is 0.227 e. The maximum atomic E-state index is 6.26. The fourth-order valence-corrected chi connectivity index (χ4v) is 11.2. The number of nitrogens with zero attached hydrogens (tertiary/aromatic N) is 6. The molecule has 4 heterocycles. The second kappa shape index (κ2) is 18.2. The van der Waals surface area contributed by atoms with Gasteiger partial charge in [0.1, 0.15) is 5.52 Å². The van der Waals surface area contributed by atoms with E-state index in [-0.39, 0.29) is 0 Å². The van der Waals surface area contributed by atoms with E-state index in [1.165, 1.54) is 5.39 Å². The summed E-state index contributed by atoms with van der Waals surface area (Å²) in [7, 11) is 0. The summed E-state index contributed by atoms with van der Waals surface area (Å²) in [6, 6.07) is 93.6. The van der Waals surface area contributed by atoms with Crippen molar-refractivity contribution < 1.29 is 4.42 Å². The molecule has 11 aromatic carbocycles. The molecular formula is C70H44N6O. The van der Waals surface area contributed by atoms with E-state index in [2.05, 4.69) is 240 Å². The zero-order valence-electron chi connectivity index (χ0n) is 41.5. The molecule has 0 spiro atoms. The summed E-state index contributed by atoms with van der Waals surface area (Å²) in [5.41, 5.74) is 18.3. The van der Waals surface area contributed by atoms with E-state index in [0.717, 1.165) is 116 Å². The Balaban J connectivity index is 0.858. The summed E-state index contributed by atoms with van der Waals surface area (Å²) in [6.45, 7) is 0. The standard InChI is InChI=1S/C70H44N6O/c1-4-18-45(19-5-1)70-71-60-39-37-51(44-65(60)77-70)49-23-15-21-47(41-49)46-20-14-22-48(40-46)50-24-16-25-52(42-50)67-72-68(53-36-38-57-56-30-10-12-33-61(56)76(64(57)43-53)55-28-8-3-9-29-55)74-69(73-67)59-32-17-35-63-66(59)58-31-11-13-34-62(58)75(63)54-26-6-2-7-27-54/h1-44H. The van der Waals surface area contributed by atoms with Crippen molar-refractivity contribution in [2.75, 3.05) is 0 Å². The van der Waals surface area contributed by atoms with Crippen LogP contribution in [0.5, 0.6) is 0 Å². The molecule has 0 N–H and O–H groups in total. The monoisotopic (exact) mass is 984 g/mol. The van der Waals surface area contributed by atoms with Gasteiger partial charge in [-0.2, -0.15) is 0 Å². The van der Waals surface area contributed by atoms with Gasteiger partial charge in [-0.3, -0.25) is 0 Å². The second-order valence-corrected chi connectivity index (χ2v) is 19.4. The molecule has 4 aromatic heterocycles. The van der Waals surface area contributed by atoms with Crippen LogP contribution in [-0.4, -0.2) is 29.1 Å². The van der Waals surface area contributed by atoms with Gasteiger partial charge < -0.3 is 13.6 Å². The third-order valence-electron chi connectivity index (χ3n) is 14.8. The van der Waals surface area contributed by atoms with Gasteiger partial charge in [0.15, 0.2) is 23.1 Å². The van der Waals surface area contributed by atoms with E-state index >= 15 is 0 Å². The van der Waals surface area contributed by atoms with E-state index in [9.17, 15) is 0 Å². The molecule has 15 aromatic rings. The van der Waals surface area contributed by atoms with Gasteiger partial charge in [-0.15, -0.1) is 0 Å². The van der Waals surface area contributed by atoms with Crippen molar-refractivity contribution in [2.45, 2.75) is 0 Å². The quantitative estimate of drug-likeness (QED) is 0.144. The van der Waals surface area contributed by atoms with E-state index in [1.807, 2.05) is 36.4 Å². The molecule has 0 amide bonds. The van der Waals surface area contributed by atoms with Crippen molar-refractivity contribution in [2.24, 2.45) is 0 Å². The number of benzene rings is 11. The molecule has 0 aliphatic rings. The van der Waals surface area contributed by atoms with Gasteiger partial charge in [0.25, 0.3) is 0 Å². The Labute approximate surface area is 443 Å². The van der Waals surface area contributed by atoms with E-state index in [0.29, 0.717) is 23.4 Å². The van der Waals surface area contributed by atoms with Crippen molar-refractivity contribution >= 4 is 54.7 Å². The Morgan fingerprint density at radius 1 is 0.273 bits per heavy atom. The number of rotatable bonds is 9. The average molecular weight is 985 g/mol. The molecule has 15 rings (SSSR count). The van der Waals surface area contributed by atoms with Crippen LogP contribution in [0.15, 0.2) is 271 Å². The lowest BCUT2D eigenvalue weighted by Crippen LogP contribution is -2.01. The molecule has 0 atom stereocenters. The second-order valence-electron chi connectivity index (χ2n) is 19.4. The molecule has 0 saturated carbocycles. The highest BCUT2D eigenvalue weighted by Crippen LogP contribution is 2.41. The number of oxazole rings is 1. The summed E-state index contributed by atoms with van der Waals surface area (Å²) in [5, 5.41) is 4.56. The summed E-state index contributed by atoms with van der Waals surface area (Å²) in [6.07, 6.45) is 0. The topological polar surface area (TPSA) is 74.6 Å². The zero-order chi connectivity index (χ0) is 50.8. The number of para-hydroxylation sites is 4. The number of fused-ring (bicyclic) bond motifs is 7. The van der Waals surface area contributed by atoms with Crippen molar-refractivity contribution in [3.05, 3.63) is 267 Å². The fourth-order valence-electron chi connectivity index (χ4n) is 11.2. The van der Waals surface area contributed by atoms with Crippen LogP contribution in [0.2, 0.25) is 0 Å². The first kappa shape index (κ1) is 44.0. The summed E-state index contributed by atoms with van der Waals surface area (Å²) >= 11 is 0. The molecule has 0 bridgehead atoms. The Hall–Kier alpha value is -10.5. The van der Waals surface area contributed by atoms with E-state index < -0.39 is 0 Å². The summed E-state index contributed by atoms with van der Waals surface area (Å²) in [5.74, 6) is 2.39. The van der Waals surface area contributed by atoms with Gasteiger partial charge in [-0.25, -0.2) is 19.9 Å². The number of hydrogen-bond donors (Lipinski definition) is 0. The molecule has 0 radical (unpaired) electrons. The van der Waals surface area contributed by atoms with Gasteiger partial charge >= 0.3 is 0 Å². The highest BCUT2D eigenvalue weighted by Gasteiger charge is 2.21. The van der Waals surface area contributed by atoms with Crippen LogP contribution < -0.4 is 0 Å². The summed E-state index contributed by atoms with van der Waals surface area (Å²) in [4.78, 5) is 21.0. The lowest BCUT2D eigenvalue weighted by atomic mass is 9.95. The van der Waals surface area contributed by atoms with Gasteiger partial charge in [-0.05, 0) is 124 Å². The first-order valence-electron chi connectivity index (χ1n) is 25.9. The van der Waals surface area contributed by atoms with Crippen molar-refractivity contribution in [3.8, 4) is 90.4 Å². The van der Waals surface area contributed by atoms with Crippen LogP contribution >= 0.6 is 0 Å². The Bertz CT molecular complexity index is 4750. The lowest BCUT2D eigenvalue weighted by molar-refractivity contribution is 0.620. The fraction of sp³-hybridized carbons (Fsp3) is 0. The maximum absolute atomic E-state index is 6.26. The van der Waals surface area contributed by atoms with E-state index in [4.69, 9.17) is 24.4 Å². The molecule has 360 valence electrons. The Morgan fingerprint density at radius 3 is 1.36 bits per heavy atom. The minimum Gasteiger partial charge on any atom is -0.436 e. The highest BCUT2D eigenvalue weighted by molar-refractivity contribution is 6.15. The van der Waals surface area contributed by atoms with Crippen LogP contribution in [-0.2, 0) is 0 Å².